The predicted octanol–water partition coefficient (Wildman–Crippen LogP) is 1.23. The van der Waals surface area contributed by atoms with E-state index in [1.165, 1.54) is 6.07 Å². The number of hydrogen-bond donors (Lipinski definition) is 2. The van der Waals surface area contributed by atoms with E-state index in [9.17, 15) is 8.78 Å². The Hall–Kier alpha value is -1.00. The van der Waals surface area contributed by atoms with Gasteiger partial charge in [-0.1, -0.05) is 0 Å². The van der Waals surface area contributed by atoms with Crippen LogP contribution in [0.2, 0.25) is 0 Å². The molecular formula is C9H12F2N2. The highest BCUT2D eigenvalue weighted by Crippen LogP contribution is 2.19. The fraction of sp³-hybridized carbons (Fsp3) is 0.333. The molecule has 0 aromatic heterocycles. The summed E-state index contributed by atoms with van der Waals surface area (Å²) >= 11 is 0. The van der Waals surface area contributed by atoms with Gasteiger partial charge in [0.1, 0.15) is 11.6 Å². The molecule has 0 radical (unpaired) electrons. The Kier molecular flexibility index (Phi) is 2.95. The van der Waals surface area contributed by atoms with Gasteiger partial charge in [-0.25, -0.2) is 8.78 Å². The van der Waals surface area contributed by atoms with E-state index >= 15 is 0 Å². The Bertz CT molecular complexity index is 313. The minimum atomic E-state index is -0.623. The fourth-order valence-corrected chi connectivity index (χ4v) is 1.18. The van der Waals surface area contributed by atoms with Crippen LogP contribution in [0.15, 0.2) is 12.1 Å². The van der Waals surface area contributed by atoms with E-state index in [1.54, 1.807) is 6.92 Å². The Balaban J connectivity index is 3.20. The Morgan fingerprint density at radius 2 is 2.00 bits per heavy atom. The highest BCUT2D eigenvalue weighted by molar-refractivity contribution is 5.30. The van der Waals surface area contributed by atoms with Gasteiger partial charge in [-0.05, 0) is 24.1 Å². The lowest BCUT2D eigenvalue weighted by Gasteiger charge is -2.12. The Labute approximate surface area is 75.5 Å². The van der Waals surface area contributed by atoms with Gasteiger partial charge in [0.2, 0.25) is 0 Å². The molecule has 4 N–H and O–H groups in total. The summed E-state index contributed by atoms with van der Waals surface area (Å²) in [7, 11) is 0. The fourth-order valence-electron chi connectivity index (χ4n) is 1.18. The van der Waals surface area contributed by atoms with E-state index in [1.807, 2.05) is 0 Å². The maximum atomic E-state index is 13.0. The molecule has 2 nitrogen and oxygen atoms in total. The molecule has 0 fully saturated rings. The first-order valence-corrected chi connectivity index (χ1v) is 3.97. The van der Waals surface area contributed by atoms with E-state index in [4.69, 9.17) is 11.5 Å². The quantitative estimate of drug-likeness (QED) is 0.729. The summed E-state index contributed by atoms with van der Waals surface area (Å²) in [5.74, 6) is -1.21. The van der Waals surface area contributed by atoms with Gasteiger partial charge in [-0.2, -0.15) is 0 Å². The molecule has 0 spiro atoms. The van der Waals surface area contributed by atoms with Crippen LogP contribution in [0.5, 0.6) is 0 Å². The number of benzene rings is 1. The van der Waals surface area contributed by atoms with Crippen molar-refractivity contribution in [1.82, 2.24) is 0 Å². The molecule has 0 aliphatic rings. The van der Waals surface area contributed by atoms with Crippen LogP contribution in [0, 0.1) is 18.6 Å². The summed E-state index contributed by atoms with van der Waals surface area (Å²) in [5.41, 5.74) is 11.7. The van der Waals surface area contributed by atoms with Gasteiger partial charge in [-0.15, -0.1) is 0 Å². The molecular weight excluding hydrogens is 174 g/mol. The molecule has 0 aliphatic carbocycles. The summed E-state index contributed by atoms with van der Waals surface area (Å²) in [5, 5.41) is 0. The second kappa shape index (κ2) is 3.81. The van der Waals surface area contributed by atoms with Crippen LogP contribution in [-0.2, 0) is 0 Å². The Morgan fingerprint density at radius 3 is 2.54 bits per heavy atom. The minimum absolute atomic E-state index is 0.170. The van der Waals surface area contributed by atoms with Crippen LogP contribution in [0.25, 0.3) is 0 Å². The van der Waals surface area contributed by atoms with Crippen LogP contribution in [0.1, 0.15) is 17.2 Å². The zero-order valence-corrected chi connectivity index (χ0v) is 7.35. The van der Waals surface area contributed by atoms with Crippen molar-refractivity contribution in [2.75, 3.05) is 6.54 Å². The average molecular weight is 186 g/mol. The van der Waals surface area contributed by atoms with Crippen molar-refractivity contribution in [1.29, 1.82) is 0 Å². The van der Waals surface area contributed by atoms with E-state index in [0.29, 0.717) is 11.1 Å². The monoisotopic (exact) mass is 186 g/mol. The van der Waals surface area contributed by atoms with E-state index in [-0.39, 0.29) is 6.54 Å². The van der Waals surface area contributed by atoms with Gasteiger partial charge in [0.25, 0.3) is 0 Å². The van der Waals surface area contributed by atoms with Crippen molar-refractivity contribution in [3.05, 3.63) is 34.9 Å². The lowest BCUT2D eigenvalue weighted by atomic mass is 10.0. The summed E-state index contributed by atoms with van der Waals surface area (Å²) in [6.07, 6.45) is 0. The molecule has 0 amide bonds. The molecule has 1 aromatic carbocycles. The van der Waals surface area contributed by atoms with Crippen molar-refractivity contribution in [3.63, 3.8) is 0 Å². The standard InChI is InChI=1S/C9H12F2N2/c1-5-7(9(13)4-12)2-6(10)3-8(5)11/h2-3,9H,4,12-13H2,1H3/t9-/m0/s1. The maximum Gasteiger partial charge on any atom is 0.129 e. The molecule has 1 rings (SSSR count). The molecule has 1 aromatic rings. The predicted molar refractivity (Wildman–Crippen MR) is 47.1 cm³/mol. The number of rotatable bonds is 2. The van der Waals surface area contributed by atoms with Crippen molar-refractivity contribution in [3.8, 4) is 0 Å². The van der Waals surface area contributed by atoms with Gasteiger partial charge < -0.3 is 11.5 Å². The second-order valence-corrected chi connectivity index (χ2v) is 2.94. The van der Waals surface area contributed by atoms with Crippen LogP contribution in [0.3, 0.4) is 0 Å². The molecule has 0 saturated carbocycles. The summed E-state index contributed by atoms with van der Waals surface area (Å²) in [6, 6.07) is 1.54. The summed E-state index contributed by atoms with van der Waals surface area (Å²) in [6.45, 7) is 1.73. The van der Waals surface area contributed by atoms with Gasteiger partial charge in [0.05, 0.1) is 0 Å². The molecule has 0 bridgehead atoms. The zero-order valence-electron chi connectivity index (χ0n) is 7.35. The number of halogens is 2. The molecule has 0 unspecified atom stereocenters. The summed E-state index contributed by atoms with van der Waals surface area (Å²) in [4.78, 5) is 0. The lowest BCUT2D eigenvalue weighted by Crippen LogP contribution is -2.22. The third kappa shape index (κ3) is 2.02. The molecule has 72 valence electrons. The van der Waals surface area contributed by atoms with Crippen LogP contribution < -0.4 is 11.5 Å². The van der Waals surface area contributed by atoms with Crippen LogP contribution >= 0.6 is 0 Å². The normalized spacial score (nSPS) is 13.0. The largest absolute Gasteiger partial charge is 0.329 e. The van der Waals surface area contributed by atoms with Gasteiger partial charge in [-0.3, -0.25) is 0 Å². The van der Waals surface area contributed by atoms with Crippen molar-refractivity contribution < 1.29 is 8.78 Å². The molecule has 0 heterocycles. The third-order valence-corrected chi connectivity index (χ3v) is 2.00. The third-order valence-electron chi connectivity index (χ3n) is 2.00. The van der Waals surface area contributed by atoms with Gasteiger partial charge in [0.15, 0.2) is 0 Å². The topological polar surface area (TPSA) is 52.0 Å². The SMILES string of the molecule is Cc1c(F)cc(F)cc1[C@@H](N)CN. The Morgan fingerprint density at radius 1 is 1.38 bits per heavy atom. The van der Waals surface area contributed by atoms with Crippen molar-refractivity contribution >= 4 is 0 Å². The summed E-state index contributed by atoms with van der Waals surface area (Å²) < 4.78 is 25.8. The van der Waals surface area contributed by atoms with E-state index in [2.05, 4.69) is 0 Å². The highest BCUT2D eigenvalue weighted by atomic mass is 19.1. The molecule has 0 aliphatic heterocycles. The van der Waals surface area contributed by atoms with Crippen molar-refractivity contribution in [2.45, 2.75) is 13.0 Å². The zero-order chi connectivity index (χ0) is 10.0. The minimum Gasteiger partial charge on any atom is -0.329 e. The second-order valence-electron chi connectivity index (χ2n) is 2.94. The smallest absolute Gasteiger partial charge is 0.129 e. The van der Waals surface area contributed by atoms with Gasteiger partial charge >= 0.3 is 0 Å². The molecule has 1 atom stereocenters. The first-order valence-electron chi connectivity index (χ1n) is 3.97. The van der Waals surface area contributed by atoms with Crippen molar-refractivity contribution in [2.24, 2.45) is 11.5 Å². The van der Waals surface area contributed by atoms with Crippen LogP contribution in [-0.4, -0.2) is 6.54 Å². The van der Waals surface area contributed by atoms with E-state index < -0.39 is 17.7 Å². The molecule has 0 saturated heterocycles. The average Bonchev–Trinajstić information content (AvgIpc) is 2.10. The first kappa shape index (κ1) is 10.1. The maximum absolute atomic E-state index is 13.0. The molecule has 13 heavy (non-hydrogen) atoms. The van der Waals surface area contributed by atoms with Crippen LogP contribution in [0.4, 0.5) is 8.78 Å². The number of hydrogen-bond acceptors (Lipinski definition) is 2. The number of nitrogens with two attached hydrogens (primary N) is 2. The van der Waals surface area contributed by atoms with Gasteiger partial charge in [0, 0.05) is 18.7 Å². The highest BCUT2D eigenvalue weighted by Gasteiger charge is 2.12. The first-order chi connectivity index (χ1) is 6.06. The molecule has 4 heteroatoms. The lowest BCUT2D eigenvalue weighted by molar-refractivity contribution is 0.566. The van der Waals surface area contributed by atoms with E-state index in [0.717, 1.165) is 6.07 Å².